The quantitative estimate of drug-likeness (QED) is 0.838. The molecule has 18 heavy (non-hydrogen) atoms. The number of amides is 1. The van der Waals surface area contributed by atoms with Gasteiger partial charge in [-0.3, -0.25) is 4.79 Å². The summed E-state index contributed by atoms with van der Waals surface area (Å²) in [7, 11) is 0. The van der Waals surface area contributed by atoms with Crippen LogP contribution in [0.25, 0.3) is 0 Å². The van der Waals surface area contributed by atoms with E-state index in [-0.39, 0.29) is 12.5 Å². The van der Waals surface area contributed by atoms with E-state index < -0.39 is 0 Å². The normalized spacial score (nSPS) is 10.2. The number of carbonyl (C=O) groups excluding carboxylic acids is 1. The van der Waals surface area contributed by atoms with Crippen molar-refractivity contribution in [3.63, 3.8) is 0 Å². The van der Waals surface area contributed by atoms with Crippen molar-refractivity contribution < 1.29 is 14.6 Å². The summed E-state index contributed by atoms with van der Waals surface area (Å²) < 4.78 is 6.44. The zero-order valence-electron chi connectivity index (χ0n) is 10.4. The van der Waals surface area contributed by atoms with E-state index in [9.17, 15) is 4.79 Å². The SMILES string of the molecule is CCN(CCO)C(=O)CCOc1cccc(Br)c1. The average Bonchev–Trinajstić information content (AvgIpc) is 2.36. The number of halogens is 1. The van der Waals surface area contributed by atoms with Crippen LogP contribution in [0.15, 0.2) is 28.7 Å². The number of aliphatic hydroxyl groups excluding tert-OH is 1. The first-order valence-electron chi connectivity index (χ1n) is 5.94. The molecular formula is C13H18BrNO3. The third-order valence-corrected chi connectivity index (χ3v) is 2.98. The van der Waals surface area contributed by atoms with Crippen molar-refractivity contribution in [2.75, 3.05) is 26.3 Å². The fraction of sp³-hybridized carbons (Fsp3) is 0.462. The second-order valence-corrected chi connectivity index (χ2v) is 4.67. The average molecular weight is 316 g/mol. The molecule has 0 radical (unpaired) electrons. The number of aliphatic hydroxyl groups is 1. The van der Waals surface area contributed by atoms with Crippen molar-refractivity contribution >= 4 is 21.8 Å². The van der Waals surface area contributed by atoms with Crippen LogP contribution < -0.4 is 4.74 Å². The Kier molecular flexibility index (Phi) is 6.75. The molecule has 0 aliphatic carbocycles. The first-order valence-corrected chi connectivity index (χ1v) is 6.73. The molecule has 0 saturated heterocycles. The van der Waals surface area contributed by atoms with Crippen molar-refractivity contribution in [2.45, 2.75) is 13.3 Å². The van der Waals surface area contributed by atoms with Gasteiger partial charge in [-0.25, -0.2) is 0 Å². The third kappa shape index (κ3) is 5.06. The Balaban J connectivity index is 2.35. The molecule has 0 bridgehead atoms. The molecule has 0 spiro atoms. The van der Waals surface area contributed by atoms with Crippen molar-refractivity contribution in [1.82, 2.24) is 4.90 Å². The Morgan fingerprint density at radius 2 is 2.28 bits per heavy atom. The molecule has 4 nitrogen and oxygen atoms in total. The van der Waals surface area contributed by atoms with E-state index in [4.69, 9.17) is 9.84 Å². The largest absolute Gasteiger partial charge is 0.493 e. The maximum Gasteiger partial charge on any atom is 0.226 e. The lowest BCUT2D eigenvalue weighted by Gasteiger charge is -2.19. The molecule has 0 saturated carbocycles. The predicted molar refractivity (Wildman–Crippen MR) is 73.6 cm³/mol. The van der Waals surface area contributed by atoms with Gasteiger partial charge >= 0.3 is 0 Å². The number of rotatable bonds is 7. The zero-order valence-corrected chi connectivity index (χ0v) is 12.0. The van der Waals surface area contributed by atoms with Crippen LogP contribution in [0, 0.1) is 0 Å². The molecule has 1 rings (SSSR count). The fourth-order valence-electron chi connectivity index (χ4n) is 1.55. The number of nitrogens with zero attached hydrogens (tertiary/aromatic N) is 1. The smallest absolute Gasteiger partial charge is 0.226 e. The van der Waals surface area contributed by atoms with Gasteiger partial charge < -0.3 is 14.7 Å². The third-order valence-electron chi connectivity index (χ3n) is 2.49. The van der Waals surface area contributed by atoms with Crippen LogP contribution in [0.4, 0.5) is 0 Å². The van der Waals surface area contributed by atoms with Gasteiger partial charge in [-0.1, -0.05) is 22.0 Å². The summed E-state index contributed by atoms with van der Waals surface area (Å²) in [5.74, 6) is 0.740. The highest BCUT2D eigenvalue weighted by Gasteiger charge is 2.10. The van der Waals surface area contributed by atoms with E-state index >= 15 is 0 Å². The standard InChI is InChI=1S/C13H18BrNO3/c1-2-15(7-8-16)13(17)6-9-18-12-5-3-4-11(14)10-12/h3-5,10,16H,2,6-9H2,1H3. The molecule has 0 unspecified atom stereocenters. The Labute approximate surface area is 116 Å². The number of hydrogen-bond acceptors (Lipinski definition) is 3. The number of ether oxygens (including phenoxy) is 1. The number of carbonyl (C=O) groups is 1. The highest BCUT2D eigenvalue weighted by Crippen LogP contribution is 2.17. The van der Waals surface area contributed by atoms with E-state index in [0.29, 0.717) is 26.1 Å². The summed E-state index contributed by atoms with van der Waals surface area (Å²) in [5.41, 5.74) is 0. The van der Waals surface area contributed by atoms with Crippen LogP contribution in [0.3, 0.4) is 0 Å². The maximum atomic E-state index is 11.7. The molecule has 0 aliphatic rings. The minimum absolute atomic E-state index is 0.00143. The predicted octanol–water partition coefficient (Wildman–Crippen LogP) is 2.06. The lowest BCUT2D eigenvalue weighted by atomic mass is 10.3. The van der Waals surface area contributed by atoms with E-state index in [2.05, 4.69) is 15.9 Å². The molecule has 1 aromatic rings. The summed E-state index contributed by atoms with van der Waals surface area (Å²) in [4.78, 5) is 13.4. The molecule has 1 N–H and O–H groups in total. The first kappa shape index (κ1) is 15.0. The van der Waals surface area contributed by atoms with Gasteiger partial charge in [0.1, 0.15) is 5.75 Å². The Morgan fingerprint density at radius 1 is 1.50 bits per heavy atom. The highest BCUT2D eigenvalue weighted by molar-refractivity contribution is 9.10. The van der Waals surface area contributed by atoms with Crippen molar-refractivity contribution in [1.29, 1.82) is 0 Å². The second kappa shape index (κ2) is 8.11. The lowest BCUT2D eigenvalue weighted by molar-refractivity contribution is -0.132. The zero-order chi connectivity index (χ0) is 13.4. The van der Waals surface area contributed by atoms with E-state index in [1.807, 2.05) is 31.2 Å². The van der Waals surface area contributed by atoms with Gasteiger partial charge in [0.05, 0.1) is 19.6 Å². The lowest BCUT2D eigenvalue weighted by Crippen LogP contribution is -2.34. The van der Waals surface area contributed by atoms with Crippen LogP contribution in [-0.4, -0.2) is 42.2 Å². The monoisotopic (exact) mass is 315 g/mol. The minimum atomic E-state index is -0.00787. The number of likely N-dealkylation sites (N-methyl/N-ethyl adjacent to an activating group) is 1. The van der Waals surface area contributed by atoms with Crippen molar-refractivity contribution in [2.24, 2.45) is 0 Å². The molecule has 1 amide bonds. The Hall–Kier alpha value is -1.07. The van der Waals surface area contributed by atoms with Gasteiger partial charge in [-0.05, 0) is 25.1 Å². The van der Waals surface area contributed by atoms with Gasteiger partial charge in [-0.15, -0.1) is 0 Å². The topological polar surface area (TPSA) is 49.8 Å². The van der Waals surface area contributed by atoms with Gasteiger partial charge in [0.2, 0.25) is 5.91 Å². The van der Waals surface area contributed by atoms with Crippen molar-refractivity contribution in [3.05, 3.63) is 28.7 Å². The molecule has 0 aliphatic heterocycles. The minimum Gasteiger partial charge on any atom is -0.493 e. The molecule has 0 atom stereocenters. The highest BCUT2D eigenvalue weighted by atomic mass is 79.9. The van der Waals surface area contributed by atoms with Gasteiger partial charge in [0.15, 0.2) is 0 Å². The first-order chi connectivity index (χ1) is 8.67. The molecule has 0 heterocycles. The Morgan fingerprint density at radius 3 is 2.89 bits per heavy atom. The van der Waals surface area contributed by atoms with Crippen LogP contribution >= 0.6 is 15.9 Å². The molecule has 0 fully saturated rings. The van der Waals surface area contributed by atoms with Crippen LogP contribution in [0.5, 0.6) is 5.75 Å². The molecular weight excluding hydrogens is 298 g/mol. The summed E-state index contributed by atoms with van der Waals surface area (Å²) in [6.07, 6.45) is 0.320. The maximum absolute atomic E-state index is 11.7. The van der Waals surface area contributed by atoms with E-state index in [1.165, 1.54) is 0 Å². The summed E-state index contributed by atoms with van der Waals surface area (Å²) in [6.45, 7) is 3.22. The summed E-state index contributed by atoms with van der Waals surface area (Å²) in [6, 6.07) is 7.50. The number of hydrogen-bond donors (Lipinski definition) is 1. The molecule has 5 heteroatoms. The van der Waals surface area contributed by atoms with Crippen LogP contribution in [0.2, 0.25) is 0 Å². The number of benzene rings is 1. The second-order valence-electron chi connectivity index (χ2n) is 3.75. The molecule has 100 valence electrons. The summed E-state index contributed by atoms with van der Waals surface area (Å²) >= 11 is 3.35. The van der Waals surface area contributed by atoms with E-state index in [0.717, 1.165) is 10.2 Å². The van der Waals surface area contributed by atoms with Gasteiger partial charge in [0.25, 0.3) is 0 Å². The summed E-state index contributed by atoms with van der Waals surface area (Å²) in [5, 5.41) is 8.82. The Bertz CT molecular complexity index is 384. The van der Waals surface area contributed by atoms with E-state index in [1.54, 1.807) is 4.90 Å². The van der Waals surface area contributed by atoms with Crippen LogP contribution in [-0.2, 0) is 4.79 Å². The van der Waals surface area contributed by atoms with Crippen molar-refractivity contribution in [3.8, 4) is 5.75 Å². The fourth-order valence-corrected chi connectivity index (χ4v) is 1.93. The van der Waals surface area contributed by atoms with Crippen LogP contribution in [0.1, 0.15) is 13.3 Å². The molecule has 1 aromatic carbocycles. The van der Waals surface area contributed by atoms with Gasteiger partial charge in [-0.2, -0.15) is 0 Å². The van der Waals surface area contributed by atoms with Gasteiger partial charge in [0, 0.05) is 17.6 Å². The molecule has 0 aromatic heterocycles.